The fourth-order valence-corrected chi connectivity index (χ4v) is 6.04. The molecule has 1 aromatic heterocycles. The number of carbonyl (C=O) groups excluding carboxylic acids is 1. The Balaban J connectivity index is 2.04. The second-order valence-corrected chi connectivity index (χ2v) is 9.21. The highest BCUT2D eigenvalue weighted by Crippen LogP contribution is 2.54. The first kappa shape index (κ1) is 16.7. The van der Waals surface area contributed by atoms with E-state index in [4.69, 9.17) is 0 Å². The Morgan fingerprint density at radius 3 is 2.76 bits per heavy atom. The first-order valence-electron chi connectivity index (χ1n) is 9.13. The maximum absolute atomic E-state index is 13.3. The SMILES string of the molecule is CC[C@]1(c2cccc(C)c2)C2=C(Cc3ncsc31)CC(C)(C)CC2=O. The number of aryl methyl sites for hydroxylation is 1. The van der Waals surface area contributed by atoms with Crippen molar-refractivity contribution in [2.75, 3.05) is 0 Å². The molecule has 25 heavy (non-hydrogen) atoms. The number of ketones is 1. The Kier molecular flexibility index (Phi) is 3.77. The molecule has 1 heterocycles. The number of hydrogen-bond acceptors (Lipinski definition) is 3. The number of rotatable bonds is 2. The van der Waals surface area contributed by atoms with Gasteiger partial charge in [-0.3, -0.25) is 4.79 Å². The van der Waals surface area contributed by atoms with E-state index < -0.39 is 0 Å². The van der Waals surface area contributed by atoms with E-state index in [9.17, 15) is 4.79 Å². The summed E-state index contributed by atoms with van der Waals surface area (Å²) in [7, 11) is 0. The molecule has 0 saturated heterocycles. The van der Waals surface area contributed by atoms with E-state index in [0.29, 0.717) is 12.2 Å². The molecule has 0 unspecified atom stereocenters. The second kappa shape index (κ2) is 5.63. The van der Waals surface area contributed by atoms with Crippen molar-refractivity contribution in [3.63, 3.8) is 0 Å². The van der Waals surface area contributed by atoms with Crippen molar-refractivity contribution < 1.29 is 4.79 Å². The van der Waals surface area contributed by atoms with Crippen LogP contribution in [0, 0.1) is 12.3 Å². The lowest BCUT2D eigenvalue weighted by Crippen LogP contribution is -2.42. The number of aromatic nitrogens is 1. The first-order valence-corrected chi connectivity index (χ1v) is 10.0. The van der Waals surface area contributed by atoms with Crippen LogP contribution in [0.2, 0.25) is 0 Å². The molecule has 2 nitrogen and oxygen atoms in total. The summed E-state index contributed by atoms with van der Waals surface area (Å²) in [6.07, 6.45) is 3.39. The highest BCUT2D eigenvalue weighted by molar-refractivity contribution is 7.10. The average molecular weight is 352 g/mol. The first-order chi connectivity index (χ1) is 11.9. The van der Waals surface area contributed by atoms with Crippen LogP contribution in [0.5, 0.6) is 0 Å². The summed E-state index contributed by atoms with van der Waals surface area (Å²) in [5, 5.41) is 0. The van der Waals surface area contributed by atoms with Gasteiger partial charge in [-0.25, -0.2) is 4.98 Å². The van der Waals surface area contributed by atoms with Crippen LogP contribution in [0.4, 0.5) is 0 Å². The molecule has 0 radical (unpaired) electrons. The fraction of sp³-hybridized carbons (Fsp3) is 0.455. The van der Waals surface area contributed by atoms with E-state index in [1.54, 1.807) is 11.3 Å². The molecule has 1 aromatic carbocycles. The Bertz CT molecular complexity index is 889. The molecular formula is C22H25NOS. The van der Waals surface area contributed by atoms with Crippen molar-refractivity contribution >= 4 is 17.1 Å². The van der Waals surface area contributed by atoms with Gasteiger partial charge in [0.25, 0.3) is 0 Å². The largest absolute Gasteiger partial charge is 0.294 e. The molecule has 1 atom stereocenters. The molecule has 2 aliphatic rings. The lowest BCUT2D eigenvalue weighted by Gasteiger charge is -2.44. The Hall–Kier alpha value is -1.74. The molecule has 0 bridgehead atoms. The number of Topliss-reactive ketones (excluding diaryl/α,β-unsaturated/α-hetero) is 1. The van der Waals surface area contributed by atoms with Crippen LogP contribution in [0.1, 0.15) is 61.7 Å². The Morgan fingerprint density at radius 1 is 1.24 bits per heavy atom. The third kappa shape index (κ3) is 2.43. The number of allylic oxidation sites excluding steroid dienone is 2. The molecule has 130 valence electrons. The molecule has 0 spiro atoms. The van der Waals surface area contributed by atoms with Crippen molar-refractivity contribution in [1.82, 2.24) is 4.98 Å². The van der Waals surface area contributed by atoms with Crippen LogP contribution in [-0.4, -0.2) is 10.8 Å². The maximum atomic E-state index is 13.3. The van der Waals surface area contributed by atoms with Gasteiger partial charge in [0.05, 0.1) is 16.6 Å². The molecule has 2 aliphatic carbocycles. The third-order valence-corrected chi connectivity index (χ3v) is 6.87. The van der Waals surface area contributed by atoms with Crippen molar-refractivity contribution in [2.45, 2.75) is 58.8 Å². The van der Waals surface area contributed by atoms with Crippen LogP contribution in [0.25, 0.3) is 0 Å². The molecular weight excluding hydrogens is 326 g/mol. The number of hydrogen-bond donors (Lipinski definition) is 0. The lowest BCUT2D eigenvalue weighted by atomic mass is 9.59. The summed E-state index contributed by atoms with van der Waals surface area (Å²) in [4.78, 5) is 19.3. The molecule has 3 heteroatoms. The zero-order chi connectivity index (χ0) is 17.8. The van der Waals surface area contributed by atoms with Crippen LogP contribution in [0.15, 0.2) is 40.9 Å². The third-order valence-electron chi connectivity index (χ3n) is 5.84. The van der Waals surface area contributed by atoms with Crippen molar-refractivity contribution in [2.24, 2.45) is 5.41 Å². The quantitative estimate of drug-likeness (QED) is 0.726. The van der Waals surface area contributed by atoms with Gasteiger partial charge in [-0.2, -0.15) is 0 Å². The number of fused-ring (bicyclic) bond motifs is 1. The second-order valence-electron chi connectivity index (χ2n) is 8.35. The van der Waals surface area contributed by atoms with Gasteiger partial charge >= 0.3 is 0 Å². The molecule has 0 N–H and O–H groups in total. The highest BCUT2D eigenvalue weighted by atomic mass is 32.1. The van der Waals surface area contributed by atoms with E-state index in [1.165, 1.54) is 27.3 Å². The van der Waals surface area contributed by atoms with Gasteiger partial charge in [-0.15, -0.1) is 11.3 Å². The summed E-state index contributed by atoms with van der Waals surface area (Å²) in [6.45, 7) is 8.77. The fourth-order valence-electron chi connectivity index (χ4n) is 4.92. The standard InChI is InChI=1S/C22H25NOS/c1-5-22(16-8-6-7-14(2)9-16)19-15(10-17-20(22)25-13-23-17)11-21(3,4)12-18(19)24/h6-9,13H,5,10-12H2,1-4H3/t22-/m0/s1. The van der Waals surface area contributed by atoms with Gasteiger partial charge in [-0.1, -0.05) is 56.2 Å². The highest BCUT2D eigenvalue weighted by Gasteiger charge is 2.49. The molecule has 0 fully saturated rings. The van der Waals surface area contributed by atoms with Gasteiger partial charge in [0.2, 0.25) is 0 Å². The predicted octanol–water partition coefficient (Wildman–Crippen LogP) is 5.39. The van der Waals surface area contributed by atoms with Crippen molar-refractivity contribution in [1.29, 1.82) is 0 Å². The minimum atomic E-state index is -0.316. The normalized spacial score (nSPS) is 24.9. The smallest absolute Gasteiger partial charge is 0.160 e. The van der Waals surface area contributed by atoms with E-state index in [2.05, 4.69) is 56.9 Å². The Morgan fingerprint density at radius 2 is 2.04 bits per heavy atom. The molecule has 0 aliphatic heterocycles. The van der Waals surface area contributed by atoms with Crippen LogP contribution < -0.4 is 0 Å². The minimum absolute atomic E-state index is 0.0511. The number of carbonyl (C=O) groups is 1. The maximum Gasteiger partial charge on any atom is 0.160 e. The van der Waals surface area contributed by atoms with Crippen LogP contribution in [0.3, 0.4) is 0 Å². The van der Waals surface area contributed by atoms with Gasteiger partial charge < -0.3 is 0 Å². The zero-order valence-corrected chi connectivity index (χ0v) is 16.3. The number of nitrogens with zero attached hydrogens (tertiary/aromatic N) is 1. The monoisotopic (exact) mass is 351 g/mol. The van der Waals surface area contributed by atoms with Gasteiger partial charge in [0, 0.05) is 23.3 Å². The topological polar surface area (TPSA) is 30.0 Å². The van der Waals surface area contributed by atoms with Gasteiger partial charge in [0.1, 0.15) is 0 Å². The summed E-state index contributed by atoms with van der Waals surface area (Å²) in [5.74, 6) is 0.341. The summed E-state index contributed by atoms with van der Waals surface area (Å²) in [5.41, 5.74) is 7.77. The van der Waals surface area contributed by atoms with Gasteiger partial charge in [-0.05, 0) is 30.7 Å². The van der Waals surface area contributed by atoms with Crippen LogP contribution >= 0.6 is 11.3 Å². The molecule has 2 aromatic rings. The molecule has 0 saturated carbocycles. The molecule has 0 amide bonds. The van der Waals surface area contributed by atoms with Crippen molar-refractivity contribution in [3.8, 4) is 0 Å². The molecule has 4 rings (SSSR count). The Labute approximate surface area is 154 Å². The lowest BCUT2D eigenvalue weighted by molar-refractivity contribution is -0.118. The predicted molar refractivity (Wildman–Crippen MR) is 103 cm³/mol. The zero-order valence-electron chi connectivity index (χ0n) is 15.5. The summed E-state index contributed by atoms with van der Waals surface area (Å²) in [6, 6.07) is 8.71. The van der Waals surface area contributed by atoms with E-state index >= 15 is 0 Å². The van der Waals surface area contributed by atoms with Crippen molar-refractivity contribution in [3.05, 3.63) is 62.6 Å². The number of benzene rings is 1. The summed E-state index contributed by atoms with van der Waals surface area (Å²) >= 11 is 1.72. The average Bonchev–Trinajstić information content (AvgIpc) is 3.00. The van der Waals surface area contributed by atoms with E-state index in [0.717, 1.165) is 24.8 Å². The number of thiazole rings is 1. The van der Waals surface area contributed by atoms with E-state index in [-0.39, 0.29) is 10.8 Å². The van der Waals surface area contributed by atoms with Gasteiger partial charge in [0.15, 0.2) is 5.78 Å². The van der Waals surface area contributed by atoms with E-state index in [1.807, 2.05) is 5.51 Å². The minimum Gasteiger partial charge on any atom is -0.294 e. The summed E-state index contributed by atoms with van der Waals surface area (Å²) < 4.78 is 0. The van der Waals surface area contributed by atoms with Crippen LogP contribution in [-0.2, 0) is 16.6 Å².